The number of halogens is 1. The SMILES string of the molecule is Cc1nc(C)c(CC(C)Br)s1. The van der Waals surface area contributed by atoms with E-state index in [4.69, 9.17) is 0 Å². The molecule has 0 spiro atoms. The van der Waals surface area contributed by atoms with Crippen molar-refractivity contribution in [2.45, 2.75) is 32.0 Å². The van der Waals surface area contributed by atoms with E-state index in [1.165, 1.54) is 15.6 Å². The molecule has 62 valence electrons. The zero-order valence-electron chi connectivity index (χ0n) is 7.02. The summed E-state index contributed by atoms with van der Waals surface area (Å²) in [5.74, 6) is 0. The Morgan fingerprint density at radius 3 is 2.55 bits per heavy atom. The Balaban J connectivity index is 2.77. The molecule has 1 unspecified atom stereocenters. The molecule has 1 rings (SSSR count). The average Bonchev–Trinajstić information content (AvgIpc) is 2.09. The van der Waals surface area contributed by atoms with Gasteiger partial charge in [-0.3, -0.25) is 0 Å². The molecule has 0 N–H and O–H groups in total. The first kappa shape index (κ1) is 9.20. The summed E-state index contributed by atoms with van der Waals surface area (Å²) in [6.45, 7) is 6.29. The standard InChI is InChI=1S/C8H12BrNS/c1-5(9)4-8-6(2)10-7(3)11-8/h5H,4H2,1-3H3. The van der Waals surface area contributed by atoms with Gasteiger partial charge in [0.2, 0.25) is 0 Å². The summed E-state index contributed by atoms with van der Waals surface area (Å²) >= 11 is 5.33. The molecule has 0 radical (unpaired) electrons. The quantitative estimate of drug-likeness (QED) is 0.716. The van der Waals surface area contributed by atoms with Crippen LogP contribution in [0.5, 0.6) is 0 Å². The summed E-state index contributed by atoms with van der Waals surface area (Å²) in [7, 11) is 0. The minimum atomic E-state index is 0.557. The minimum absolute atomic E-state index is 0.557. The molecule has 3 heteroatoms. The van der Waals surface area contributed by atoms with E-state index in [0.717, 1.165) is 6.42 Å². The van der Waals surface area contributed by atoms with Gasteiger partial charge in [-0.15, -0.1) is 11.3 Å². The predicted molar refractivity (Wildman–Crippen MR) is 53.7 cm³/mol. The normalized spacial score (nSPS) is 13.5. The van der Waals surface area contributed by atoms with Crippen molar-refractivity contribution in [2.24, 2.45) is 0 Å². The van der Waals surface area contributed by atoms with E-state index < -0.39 is 0 Å². The van der Waals surface area contributed by atoms with Gasteiger partial charge in [-0.2, -0.15) is 0 Å². The van der Waals surface area contributed by atoms with Crippen LogP contribution in [-0.4, -0.2) is 9.81 Å². The van der Waals surface area contributed by atoms with Gasteiger partial charge in [0.05, 0.1) is 10.7 Å². The third-order valence-electron chi connectivity index (χ3n) is 1.47. The minimum Gasteiger partial charge on any atom is -0.247 e. The van der Waals surface area contributed by atoms with E-state index in [1.54, 1.807) is 11.3 Å². The van der Waals surface area contributed by atoms with Crippen LogP contribution in [-0.2, 0) is 6.42 Å². The van der Waals surface area contributed by atoms with E-state index >= 15 is 0 Å². The van der Waals surface area contributed by atoms with Gasteiger partial charge in [-0.25, -0.2) is 4.98 Å². The van der Waals surface area contributed by atoms with E-state index in [-0.39, 0.29) is 0 Å². The molecule has 1 heterocycles. The van der Waals surface area contributed by atoms with Crippen molar-refractivity contribution in [1.82, 2.24) is 4.98 Å². The third-order valence-corrected chi connectivity index (χ3v) is 2.89. The van der Waals surface area contributed by atoms with Crippen LogP contribution in [0.2, 0.25) is 0 Å². The van der Waals surface area contributed by atoms with Crippen LogP contribution in [0.3, 0.4) is 0 Å². The molecule has 0 aromatic carbocycles. The molecule has 0 saturated carbocycles. The predicted octanol–water partition coefficient (Wildman–Crippen LogP) is 3.09. The van der Waals surface area contributed by atoms with E-state index in [0.29, 0.717) is 4.83 Å². The van der Waals surface area contributed by atoms with Gasteiger partial charge in [0, 0.05) is 9.70 Å². The Bertz CT molecular complexity index is 242. The van der Waals surface area contributed by atoms with E-state index in [1.807, 2.05) is 0 Å². The summed E-state index contributed by atoms with van der Waals surface area (Å²) in [6.07, 6.45) is 1.09. The van der Waals surface area contributed by atoms with Crippen LogP contribution in [0.15, 0.2) is 0 Å². The van der Waals surface area contributed by atoms with Crippen molar-refractivity contribution in [1.29, 1.82) is 0 Å². The number of nitrogens with zero attached hydrogens (tertiary/aromatic N) is 1. The lowest BCUT2D eigenvalue weighted by Gasteiger charge is -1.99. The maximum atomic E-state index is 4.36. The molecular weight excluding hydrogens is 222 g/mol. The number of aryl methyl sites for hydroxylation is 2. The first-order valence-corrected chi connectivity index (χ1v) is 5.40. The molecule has 1 aromatic rings. The zero-order valence-corrected chi connectivity index (χ0v) is 9.42. The molecule has 0 aliphatic rings. The number of thiazole rings is 1. The molecule has 0 bridgehead atoms. The Kier molecular flexibility index (Phi) is 3.07. The van der Waals surface area contributed by atoms with Gasteiger partial charge in [0.25, 0.3) is 0 Å². The van der Waals surface area contributed by atoms with E-state index in [9.17, 15) is 0 Å². The molecule has 1 aromatic heterocycles. The van der Waals surface area contributed by atoms with Crippen molar-refractivity contribution in [2.75, 3.05) is 0 Å². The van der Waals surface area contributed by atoms with Crippen LogP contribution in [0.1, 0.15) is 22.5 Å². The lowest BCUT2D eigenvalue weighted by Crippen LogP contribution is -1.95. The Morgan fingerprint density at radius 2 is 2.18 bits per heavy atom. The van der Waals surface area contributed by atoms with Crippen molar-refractivity contribution < 1.29 is 0 Å². The van der Waals surface area contributed by atoms with Crippen LogP contribution in [0.4, 0.5) is 0 Å². The summed E-state index contributed by atoms with van der Waals surface area (Å²) in [5, 5.41) is 1.17. The third kappa shape index (κ3) is 2.56. The second kappa shape index (κ2) is 3.68. The van der Waals surface area contributed by atoms with Crippen molar-refractivity contribution >= 4 is 27.3 Å². The highest BCUT2D eigenvalue weighted by atomic mass is 79.9. The number of alkyl halides is 1. The maximum Gasteiger partial charge on any atom is 0.0900 e. The van der Waals surface area contributed by atoms with Gasteiger partial charge >= 0.3 is 0 Å². The first-order valence-electron chi connectivity index (χ1n) is 3.66. The largest absolute Gasteiger partial charge is 0.247 e. The second-order valence-electron chi connectivity index (χ2n) is 2.73. The number of aromatic nitrogens is 1. The fourth-order valence-electron chi connectivity index (χ4n) is 1.02. The molecule has 1 nitrogen and oxygen atoms in total. The maximum absolute atomic E-state index is 4.36. The number of hydrogen-bond acceptors (Lipinski definition) is 2. The summed E-state index contributed by atoms with van der Waals surface area (Å²) in [5.41, 5.74) is 1.19. The number of hydrogen-bond donors (Lipinski definition) is 0. The molecule has 0 aliphatic carbocycles. The summed E-state index contributed by atoms with van der Waals surface area (Å²) in [6, 6.07) is 0. The monoisotopic (exact) mass is 233 g/mol. The summed E-state index contributed by atoms with van der Waals surface area (Å²) in [4.78, 5) is 6.33. The molecule has 0 saturated heterocycles. The molecule has 0 fully saturated rings. The first-order chi connectivity index (χ1) is 5.09. The fourth-order valence-corrected chi connectivity index (χ4v) is 2.62. The molecular formula is C8H12BrNS. The van der Waals surface area contributed by atoms with Gasteiger partial charge in [-0.05, 0) is 20.3 Å². The molecule has 0 aliphatic heterocycles. The van der Waals surface area contributed by atoms with Gasteiger partial charge < -0.3 is 0 Å². The molecule has 1 atom stereocenters. The van der Waals surface area contributed by atoms with Gasteiger partial charge in [-0.1, -0.05) is 22.9 Å². The highest BCUT2D eigenvalue weighted by molar-refractivity contribution is 9.09. The van der Waals surface area contributed by atoms with Crippen LogP contribution < -0.4 is 0 Å². The van der Waals surface area contributed by atoms with Gasteiger partial charge in [0.15, 0.2) is 0 Å². The van der Waals surface area contributed by atoms with Gasteiger partial charge in [0.1, 0.15) is 0 Å². The number of rotatable bonds is 2. The lowest BCUT2D eigenvalue weighted by atomic mass is 10.2. The van der Waals surface area contributed by atoms with Crippen molar-refractivity contribution in [3.63, 3.8) is 0 Å². The zero-order chi connectivity index (χ0) is 8.43. The lowest BCUT2D eigenvalue weighted by molar-refractivity contribution is 0.960. The summed E-state index contributed by atoms with van der Waals surface area (Å²) < 4.78 is 0. The fraction of sp³-hybridized carbons (Fsp3) is 0.625. The van der Waals surface area contributed by atoms with E-state index in [2.05, 4.69) is 41.7 Å². The topological polar surface area (TPSA) is 12.9 Å². The average molecular weight is 234 g/mol. The smallest absolute Gasteiger partial charge is 0.0900 e. The van der Waals surface area contributed by atoms with Crippen LogP contribution >= 0.6 is 27.3 Å². The Morgan fingerprint density at radius 1 is 1.55 bits per heavy atom. The Hall–Kier alpha value is 0.110. The Labute approximate surface area is 80.0 Å². The highest BCUT2D eigenvalue weighted by Gasteiger charge is 2.06. The molecule has 0 amide bonds. The van der Waals surface area contributed by atoms with Crippen molar-refractivity contribution in [3.05, 3.63) is 15.6 Å². The second-order valence-corrected chi connectivity index (χ2v) is 5.58. The van der Waals surface area contributed by atoms with Crippen molar-refractivity contribution in [3.8, 4) is 0 Å². The van der Waals surface area contributed by atoms with Crippen LogP contribution in [0.25, 0.3) is 0 Å². The highest BCUT2D eigenvalue weighted by Crippen LogP contribution is 2.20. The van der Waals surface area contributed by atoms with Crippen LogP contribution in [0, 0.1) is 13.8 Å². The molecule has 11 heavy (non-hydrogen) atoms.